The van der Waals surface area contributed by atoms with Crippen molar-refractivity contribution in [2.75, 3.05) is 0 Å². The van der Waals surface area contributed by atoms with Crippen molar-refractivity contribution in [2.45, 2.75) is 19.4 Å². The molecule has 82 valence electrons. The van der Waals surface area contributed by atoms with Crippen LogP contribution in [-0.2, 0) is 4.79 Å². The van der Waals surface area contributed by atoms with E-state index in [2.05, 4.69) is 16.9 Å². The van der Waals surface area contributed by atoms with E-state index in [1.54, 1.807) is 17.7 Å². The first-order chi connectivity index (χ1) is 7.74. The van der Waals surface area contributed by atoms with E-state index in [1.807, 2.05) is 24.3 Å². The summed E-state index contributed by atoms with van der Waals surface area (Å²) in [6.45, 7) is 5.22. The summed E-state index contributed by atoms with van der Waals surface area (Å²) >= 11 is 0. The van der Waals surface area contributed by atoms with Gasteiger partial charge in [-0.15, -0.1) is 11.7 Å². The number of rotatable bonds is 4. The smallest absolute Gasteiger partial charge is 0.154 e. The van der Waals surface area contributed by atoms with E-state index in [0.29, 0.717) is 6.42 Å². The van der Waals surface area contributed by atoms with Crippen LogP contribution in [0, 0.1) is 0 Å². The molecule has 4 nitrogen and oxygen atoms in total. The van der Waals surface area contributed by atoms with E-state index in [0.717, 1.165) is 11.0 Å². The molecule has 1 aromatic heterocycles. The van der Waals surface area contributed by atoms with Crippen molar-refractivity contribution < 1.29 is 4.79 Å². The Balaban J connectivity index is 2.52. The molecule has 0 amide bonds. The van der Waals surface area contributed by atoms with Crippen molar-refractivity contribution in [1.29, 1.82) is 0 Å². The van der Waals surface area contributed by atoms with Crippen molar-refractivity contribution in [3.05, 3.63) is 36.9 Å². The Morgan fingerprint density at radius 2 is 2.31 bits per heavy atom. The fraction of sp³-hybridized carbons (Fsp3) is 0.250. The van der Waals surface area contributed by atoms with Gasteiger partial charge in [0.25, 0.3) is 0 Å². The van der Waals surface area contributed by atoms with E-state index >= 15 is 0 Å². The number of allylic oxidation sites excluding steroid dienone is 1. The van der Waals surface area contributed by atoms with Crippen LogP contribution in [-0.4, -0.2) is 20.8 Å². The van der Waals surface area contributed by atoms with Gasteiger partial charge >= 0.3 is 0 Å². The molecule has 2 aromatic rings. The van der Waals surface area contributed by atoms with E-state index in [9.17, 15) is 4.79 Å². The van der Waals surface area contributed by atoms with Gasteiger partial charge in [-0.25, -0.2) is 4.68 Å². The molecule has 0 aliphatic heterocycles. The summed E-state index contributed by atoms with van der Waals surface area (Å²) in [5.74, 6) is 0.0653. The summed E-state index contributed by atoms with van der Waals surface area (Å²) in [4.78, 5) is 11.5. The third-order valence-corrected chi connectivity index (χ3v) is 2.53. The zero-order chi connectivity index (χ0) is 11.5. The minimum absolute atomic E-state index is 0.0653. The molecule has 16 heavy (non-hydrogen) atoms. The number of nitrogens with zero attached hydrogens (tertiary/aromatic N) is 3. The number of Topliss-reactive ketones (excluding diaryl/α,β-unsaturated/α-hetero) is 1. The first-order valence-electron chi connectivity index (χ1n) is 5.15. The lowest BCUT2D eigenvalue weighted by Gasteiger charge is -2.11. The summed E-state index contributed by atoms with van der Waals surface area (Å²) in [7, 11) is 0. The quantitative estimate of drug-likeness (QED) is 0.734. The summed E-state index contributed by atoms with van der Waals surface area (Å²) < 4.78 is 1.67. The fourth-order valence-corrected chi connectivity index (χ4v) is 1.71. The molecule has 2 rings (SSSR count). The van der Waals surface area contributed by atoms with Gasteiger partial charge in [0.05, 0.1) is 5.52 Å². The summed E-state index contributed by atoms with van der Waals surface area (Å²) in [5, 5.41) is 8.06. The molecule has 0 saturated carbocycles. The molecule has 1 aromatic carbocycles. The standard InChI is InChI=1S/C12H13N3O/c1-3-6-11(9(2)16)15-12-8-5-4-7-10(12)13-14-15/h3-5,7-8,11H,1,6H2,2H3. The average Bonchev–Trinajstić information content (AvgIpc) is 2.69. The molecule has 0 saturated heterocycles. The summed E-state index contributed by atoms with van der Waals surface area (Å²) in [6.07, 6.45) is 2.30. The van der Waals surface area contributed by atoms with Gasteiger partial charge in [-0.05, 0) is 25.5 Å². The number of fused-ring (bicyclic) bond motifs is 1. The van der Waals surface area contributed by atoms with Crippen LogP contribution in [0.3, 0.4) is 0 Å². The highest BCUT2D eigenvalue weighted by atomic mass is 16.1. The average molecular weight is 215 g/mol. The van der Waals surface area contributed by atoms with Gasteiger partial charge < -0.3 is 0 Å². The molecular weight excluding hydrogens is 202 g/mol. The van der Waals surface area contributed by atoms with Gasteiger partial charge in [0.1, 0.15) is 11.6 Å². The maximum Gasteiger partial charge on any atom is 0.154 e. The third-order valence-electron chi connectivity index (χ3n) is 2.53. The van der Waals surface area contributed by atoms with Gasteiger partial charge in [0.2, 0.25) is 0 Å². The van der Waals surface area contributed by atoms with E-state index in [1.165, 1.54) is 0 Å². The maximum atomic E-state index is 11.5. The van der Waals surface area contributed by atoms with Gasteiger partial charge in [0, 0.05) is 0 Å². The van der Waals surface area contributed by atoms with Crippen LogP contribution in [0.15, 0.2) is 36.9 Å². The maximum absolute atomic E-state index is 11.5. The molecule has 0 aliphatic carbocycles. The predicted octanol–water partition coefficient (Wildman–Crippen LogP) is 2.14. The molecule has 0 aliphatic rings. The predicted molar refractivity (Wildman–Crippen MR) is 62.1 cm³/mol. The van der Waals surface area contributed by atoms with Gasteiger partial charge in [-0.3, -0.25) is 4.79 Å². The Morgan fingerprint density at radius 1 is 1.56 bits per heavy atom. The fourth-order valence-electron chi connectivity index (χ4n) is 1.71. The second-order valence-electron chi connectivity index (χ2n) is 3.67. The first kappa shape index (κ1) is 10.5. The van der Waals surface area contributed by atoms with Crippen LogP contribution in [0.2, 0.25) is 0 Å². The highest BCUT2D eigenvalue weighted by Gasteiger charge is 2.18. The number of carbonyl (C=O) groups is 1. The van der Waals surface area contributed by atoms with E-state index in [-0.39, 0.29) is 11.8 Å². The number of ketones is 1. The number of carbonyl (C=O) groups excluding carboxylic acids is 1. The second kappa shape index (κ2) is 4.26. The van der Waals surface area contributed by atoms with Crippen molar-refractivity contribution in [2.24, 2.45) is 0 Å². The lowest BCUT2D eigenvalue weighted by Crippen LogP contribution is -2.17. The topological polar surface area (TPSA) is 47.8 Å². The largest absolute Gasteiger partial charge is 0.298 e. The number of aromatic nitrogens is 3. The van der Waals surface area contributed by atoms with Crippen molar-refractivity contribution in [3.63, 3.8) is 0 Å². The number of benzene rings is 1. The molecule has 0 N–H and O–H groups in total. The minimum atomic E-state index is -0.301. The molecule has 1 heterocycles. The lowest BCUT2D eigenvalue weighted by molar-refractivity contribution is -0.120. The van der Waals surface area contributed by atoms with Gasteiger partial charge in [-0.2, -0.15) is 0 Å². The molecular formula is C12H13N3O. The van der Waals surface area contributed by atoms with Gasteiger partial charge in [-0.1, -0.05) is 23.4 Å². The van der Waals surface area contributed by atoms with Crippen LogP contribution in [0.1, 0.15) is 19.4 Å². The zero-order valence-corrected chi connectivity index (χ0v) is 9.13. The van der Waals surface area contributed by atoms with Crippen molar-refractivity contribution >= 4 is 16.8 Å². The molecule has 1 unspecified atom stereocenters. The Labute approximate surface area is 93.6 Å². The lowest BCUT2D eigenvalue weighted by atomic mass is 10.1. The highest BCUT2D eigenvalue weighted by molar-refractivity contribution is 5.83. The number of hydrogen-bond acceptors (Lipinski definition) is 3. The van der Waals surface area contributed by atoms with Crippen LogP contribution in [0.4, 0.5) is 0 Å². The molecule has 1 atom stereocenters. The van der Waals surface area contributed by atoms with Crippen molar-refractivity contribution in [1.82, 2.24) is 15.0 Å². The normalized spacial score (nSPS) is 12.6. The van der Waals surface area contributed by atoms with Crippen LogP contribution in [0.5, 0.6) is 0 Å². The first-order valence-corrected chi connectivity index (χ1v) is 5.15. The summed E-state index contributed by atoms with van der Waals surface area (Å²) in [6, 6.07) is 7.30. The Morgan fingerprint density at radius 3 is 3.00 bits per heavy atom. The van der Waals surface area contributed by atoms with Crippen LogP contribution >= 0.6 is 0 Å². The Kier molecular flexibility index (Phi) is 2.81. The molecule has 4 heteroatoms. The SMILES string of the molecule is C=CCC(C(C)=O)n1nnc2ccccc21. The van der Waals surface area contributed by atoms with Crippen LogP contribution < -0.4 is 0 Å². The Hall–Kier alpha value is -1.97. The highest BCUT2D eigenvalue weighted by Crippen LogP contribution is 2.18. The summed E-state index contributed by atoms with van der Waals surface area (Å²) in [5.41, 5.74) is 1.68. The molecule has 0 fully saturated rings. The number of hydrogen-bond donors (Lipinski definition) is 0. The Bertz CT molecular complexity index is 530. The second-order valence-corrected chi connectivity index (χ2v) is 3.67. The third kappa shape index (κ3) is 1.74. The van der Waals surface area contributed by atoms with Gasteiger partial charge in [0.15, 0.2) is 5.78 Å². The van der Waals surface area contributed by atoms with E-state index in [4.69, 9.17) is 0 Å². The number of para-hydroxylation sites is 1. The van der Waals surface area contributed by atoms with Crippen LogP contribution in [0.25, 0.3) is 11.0 Å². The zero-order valence-electron chi connectivity index (χ0n) is 9.13. The van der Waals surface area contributed by atoms with E-state index < -0.39 is 0 Å². The monoisotopic (exact) mass is 215 g/mol. The van der Waals surface area contributed by atoms with Crippen molar-refractivity contribution in [3.8, 4) is 0 Å². The minimum Gasteiger partial charge on any atom is -0.298 e. The molecule has 0 radical (unpaired) electrons. The molecule has 0 spiro atoms. The molecule has 0 bridgehead atoms.